The van der Waals surface area contributed by atoms with Gasteiger partial charge in [0.15, 0.2) is 0 Å². The Balaban J connectivity index is 2.37. The molecule has 1 aliphatic heterocycles. The van der Waals surface area contributed by atoms with Crippen molar-refractivity contribution in [1.29, 1.82) is 0 Å². The molecule has 0 bridgehead atoms. The zero-order chi connectivity index (χ0) is 11.8. The molecule has 0 aromatic heterocycles. The molecular formula is C10H13NO3S2. The van der Waals surface area contributed by atoms with Gasteiger partial charge in [-0.3, -0.25) is 4.55 Å². The van der Waals surface area contributed by atoms with Crippen LogP contribution in [0, 0.1) is 6.92 Å². The lowest BCUT2D eigenvalue weighted by Crippen LogP contribution is -2.30. The fourth-order valence-corrected chi connectivity index (χ4v) is 3.44. The monoisotopic (exact) mass is 259 g/mol. The summed E-state index contributed by atoms with van der Waals surface area (Å²) in [5, 5.41) is 0. The summed E-state index contributed by atoms with van der Waals surface area (Å²) < 4.78 is 32.4. The molecule has 2 rings (SSSR count). The molecule has 1 aromatic rings. The Bertz CT molecular complexity index is 499. The van der Waals surface area contributed by atoms with Crippen LogP contribution in [-0.2, 0) is 16.8 Å². The maximum atomic E-state index is 11.1. The van der Waals surface area contributed by atoms with Crippen molar-refractivity contribution in [2.75, 3.05) is 12.3 Å². The molecule has 0 radical (unpaired) electrons. The number of hydrogen-bond acceptors (Lipinski definition) is 3. The lowest BCUT2D eigenvalue weighted by Gasteiger charge is -2.15. The minimum absolute atomic E-state index is 0.253. The van der Waals surface area contributed by atoms with E-state index in [1.54, 1.807) is 11.8 Å². The lowest BCUT2D eigenvalue weighted by atomic mass is 10.1. The Labute approximate surface area is 99.5 Å². The zero-order valence-electron chi connectivity index (χ0n) is 8.88. The minimum Gasteiger partial charge on any atom is -0.273 e. The van der Waals surface area contributed by atoms with Crippen LogP contribution in [0.2, 0.25) is 0 Å². The van der Waals surface area contributed by atoms with Gasteiger partial charge in [0.05, 0.1) is 0 Å². The normalized spacial score (nSPS) is 17.9. The Morgan fingerprint density at radius 3 is 2.88 bits per heavy atom. The van der Waals surface area contributed by atoms with E-state index in [2.05, 4.69) is 0 Å². The standard InChI is InChI=1S/C10H13NO3S2/c1-8-2-3-10-9(6-8)7-11(4-5-15-10)16(12,13)14/h2-3,6H,4-5,7H2,1H3,(H,12,13,14). The van der Waals surface area contributed by atoms with Gasteiger partial charge in [0.25, 0.3) is 0 Å². The van der Waals surface area contributed by atoms with Gasteiger partial charge in [-0.25, -0.2) is 0 Å². The minimum atomic E-state index is -4.08. The Morgan fingerprint density at radius 2 is 2.19 bits per heavy atom. The quantitative estimate of drug-likeness (QED) is 0.780. The molecule has 0 fully saturated rings. The van der Waals surface area contributed by atoms with Crippen molar-refractivity contribution in [1.82, 2.24) is 4.31 Å². The Hall–Kier alpha value is -0.560. The SMILES string of the molecule is Cc1ccc2c(c1)CN(S(=O)(=O)O)CCS2. The van der Waals surface area contributed by atoms with Crippen molar-refractivity contribution in [3.8, 4) is 0 Å². The van der Waals surface area contributed by atoms with E-state index in [1.165, 1.54) is 0 Å². The third-order valence-electron chi connectivity index (χ3n) is 2.49. The fourth-order valence-electron chi connectivity index (χ4n) is 1.70. The highest BCUT2D eigenvalue weighted by atomic mass is 32.2. The second kappa shape index (κ2) is 4.37. The zero-order valence-corrected chi connectivity index (χ0v) is 10.5. The highest BCUT2D eigenvalue weighted by Gasteiger charge is 2.23. The van der Waals surface area contributed by atoms with E-state index < -0.39 is 10.3 Å². The molecule has 0 aliphatic carbocycles. The first-order valence-corrected chi connectivity index (χ1v) is 7.30. The van der Waals surface area contributed by atoms with E-state index in [-0.39, 0.29) is 6.54 Å². The summed E-state index contributed by atoms with van der Waals surface area (Å²) in [5.41, 5.74) is 2.05. The average molecular weight is 259 g/mol. The molecule has 16 heavy (non-hydrogen) atoms. The first-order chi connectivity index (χ1) is 7.47. The molecule has 1 N–H and O–H groups in total. The van der Waals surface area contributed by atoms with Crippen molar-refractivity contribution < 1.29 is 13.0 Å². The van der Waals surface area contributed by atoms with Gasteiger partial charge in [-0.2, -0.15) is 12.7 Å². The maximum Gasteiger partial charge on any atom is 0.336 e. The van der Waals surface area contributed by atoms with Crippen LogP contribution >= 0.6 is 11.8 Å². The first-order valence-electron chi connectivity index (χ1n) is 4.92. The molecule has 6 heteroatoms. The molecule has 1 heterocycles. The molecule has 0 atom stereocenters. The van der Waals surface area contributed by atoms with E-state index >= 15 is 0 Å². The molecular weight excluding hydrogens is 246 g/mol. The van der Waals surface area contributed by atoms with Gasteiger partial charge in [0, 0.05) is 23.7 Å². The predicted molar refractivity (Wildman–Crippen MR) is 63.9 cm³/mol. The van der Waals surface area contributed by atoms with Crippen LogP contribution in [-0.4, -0.2) is 29.6 Å². The smallest absolute Gasteiger partial charge is 0.273 e. The molecule has 88 valence electrons. The lowest BCUT2D eigenvalue weighted by molar-refractivity contribution is 0.358. The van der Waals surface area contributed by atoms with Gasteiger partial charge in [-0.1, -0.05) is 17.7 Å². The van der Waals surface area contributed by atoms with Crippen molar-refractivity contribution >= 4 is 22.1 Å². The van der Waals surface area contributed by atoms with Gasteiger partial charge >= 0.3 is 10.3 Å². The predicted octanol–water partition coefficient (Wildman–Crippen LogP) is 1.71. The molecule has 0 unspecified atom stereocenters. The van der Waals surface area contributed by atoms with Crippen molar-refractivity contribution in [3.05, 3.63) is 29.3 Å². The Morgan fingerprint density at radius 1 is 1.44 bits per heavy atom. The van der Waals surface area contributed by atoms with Gasteiger partial charge in [0.1, 0.15) is 0 Å². The summed E-state index contributed by atoms with van der Waals surface area (Å²) in [4.78, 5) is 1.09. The number of benzene rings is 1. The van der Waals surface area contributed by atoms with E-state index in [0.717, 1.165) is 20.3 Å². The molecule has 0 saturated heterocycles. The number of hydrogen-bond donors (Lipinski definition) is 1. The number of thioether (sulfide) groups is 1. The third-order valence-corrected chi connectivity index (χ3v) is 4.55. The van der Waals surface area contributed by atoms with Crippen LogP contribution < -0.4 is 0 Å². The summed E-state index contributed by atoms with van der Waals surface area (Å²) in [6.45, 7) is 2.56. The van der Waals surface area contributed by atoms with Crippen LogP contribution in [0.4, 0.5) is 0 Å². The highest BCUT2D eigenvalue weighted by Crippen LogP contribution is 2.28. The largest absolute Gasteiger partial charge is 0.336 e. The summed E-state index contributed by atoms with van der Waals surface area (Å²) in [6, 6.07) is 5.98. The molecule has 0 spiro atoms. The molecule has 1 aliphatic rings. The van der Waals surface area contributed by atoms with Crippen LogP contribution in [0.3, 0.4) is 0 Å². The van der Waals surface area contributed by atoms with Gasteiger partial charge in [0.2, 0.25) is 0 Å². The number of rotatable bonds is 1. The number of nitrogens with zero attached hydrogens (tertiary/aromatic N) is 1. The van der Waals surface area contributed by atoms with Crippen molar-refractivity contribution in [3.63, 3.8) is 0 Å². The van der Waals surface area contributed by atoms with E-state index in [9.17, 15) is 8.42 Å². The summed E-state index contributed by atoms with van der Waals surface area (Å²) in [7, 11) is -4.08. The third kappa shape index (κ3) is 2.57. The van der Waals surface area contributed by atoms with Gasteiger partial charge < -0.3 is 0 Å². The van der Waals surface area contributed by atoms with Gasteiger partial charge in [-0.15, -0.1) is 11.8 Å². The average Bonchev–Trinajstić information content (AvgIpc) is 2.38. The summed E-state index contributed by atoms with van der Waals surface area (Å²) in [6.07, 6.45) is 0. The van der Waals surface area contributed by atoms with Crippen LogP contribution in [0.15, 0.2) is 23.1 Å². The maximum absolute atomic E-state index is 11.1. The summed E-state index contributed by atoms with van der Waals surface area (Å²) in [5.74, 6) is 0.663. The fraction of sp³-hybridized carbons (Fsp3) is 0.400. The molecule has 1 aromatic carbocycles. The number of aryl methyl sites for hydroxylation is 1. The van der Waals surface area contributed by atoms with Gasteiger partial charge in [-0.05, 0) is 18.6 Å². The molecule has 0 saturated carbocycles. The molecule has 0 amide bonds. The highest BCUT2D eigenvalue weighted by molar-refractivity contribution is 7.99. The molecule has 4 nitrogen and oxygen atoms in total. The topological polar surface area (TPSA) is 57.6 Å². The number of fused-ring (bicyclic) bond motifs is 1. The van der Waals surface area contributed by atoms with Crippen LogP contribution in [0.1, 0.15) is 11.1 Å². The summed E-state index contributed by atoms with van der Waals surface area (Å²) >= 11 is 1.62. The Kier molecular flexibility index (Phi) is 3.25. The van der Waals surface area contributed by atoms with Crippen molar-refractivity contribution in [2.24, 2.45) is 0 Å². The second-order valence-electron chi connectivity index (χ2n) is 3.77. The van der Waals surface area contributed by atoms with Crippen LogP contribution in [0.25, 0.3) is 0 Å². The first kappa shape index (κ1) is 11.9. The second-order valence-corrected chi connectivity index (χ2v) is 6.32. The van der Waals surface area contributed by atoms with E-state index in [4.69, 9.17) is 4.55 Å². The van der Waals surface area contributed by atoms with Crippen LogP contribution in [0.5, 0.6) is 0 Å². The van der Waals surface area contributed by atoms with E-state index in [0.29, 0.717) is 12.3 Å². The van der Waals surface area contributed by atoms with Crippen molar-refractivity contribution in [2.45, 2.75) is 18.4 Å². The van der Waals surface area contributed by atoms with E-state index in [1.807, 2.05) is 25.1 Å².